The van der Waals surface area contributed by atoms with Gasteiger partial charge in [-0.2, -0.15) is 0 Å². The second kappa shape index (κ2) is 4.58. The molecule has 1 aliphatic heterocycles. The summed E-state index contributed by atoms with van der Waals surface area (Å²) in [6.07, 6.45) is -1.19. The largest absolute Gasteiger partial charge is 0.489 e. The molecular formula is C11H11FO5. The van der Waals surface area contributed by atoms with E-state index in [2.05, 4.69) is 0 Å². The molecule has 6 heteroatoms. The van der Waals surface area contributed by atoms with Gasteiger partial charge in [0.05, 0.1) is 13.2 Å². The van der Waals surface area contributed by atoms with Crippen molar-refractivity contribution < 1.29 is 28.9 Å². The molecule has 1 unspecified atom stereocenters. The van der Waals surface area contributed by atoms with E-state index in [4.69, 9.17) is 14.6 Å². The monoisotopic (exact) mass is 242 g/mol. The Balaban J connectivity index is 2.50. The molecule has 1 aromatic carbocycles. The number of fused-ring (bicyclic) bond motifs is 1. The summed E-state index contributed by atoms with van der Waals surface area (Å²) in [7, 11) is 0. The maximum absolute atomic E-state index is 13.5. The van der Waals surface area contributed by atoms with E-state index in [1.165, 1.54) is 6.07 Å². The van der Waals surface area contributed by atoms with Gasteiger partial charge >= 0.3 is 5.97 Å². The van der Waals surface area contributed by atoms with E-state index in [0.29, 0.717) is 6.42 Å². The summed E-state index contributed by atoms with van der Waals surface area (Å²) in [5.74, 6) is -2.23. The molecule has 92 valence electrons. The van der Waals surface area contributed by atoms with Gasteiger partial charge in [-0.3, -0.25) is 0 Å². The van der Waals surface area contributed by atoms with Crippen molar-refractivity contribution >= 4 is 5.97 Å². The second-order valence-corrected chi connectivity index (χ2v) is 3.59. The number of halogens is 1. The van der Waals surface area contributed by atoms with Crippen molar-refractivity contribution in [2.24, 2.45) is 0 Å². The number of hydrogen-bond acceptors (Lipinski definition) is 4. The SMILES string of the molecule is O=C(O)C(O)c1ccc(F)c2c1OCCCO2. The van der Waals surface area contributed by atoms with Gasteiger partial charge in [-0.15, -0.1) is 0 Å². The zero-order valence-corrected chi connectivity index (χ0v) is 8.85. The van der Waals surface area contributed by atoms with Crippen molar-refractivity contribution in [3.8, 4) is 11.5 Å². The number of carbonyl (C=O) groups is 1. The molecule has 0 radical (unpaired) electrons. The molecule has 0 aliphatic carbocycles. The highest BCUT2D eigenvalue weighted by molar-refractivity contribution is 5.76. The molecule has 1 aliphatic rings. The summed E-state index contributed by atoms with van der Waals surface area (Å²) in [6, 6.07) is 2.23. The van der Waals surface area contributed by atoms with Crippen LogP contribution in [0.5, 0.6) is 11.5 Å². The third-order valence-corrected chi connectivity index (χ3v) is 2.40. The zero-order valence-electron chi connectivity index (χ0n) is 8.85. The van der Waals surface area contributed by atoms with E-state index < -0.39 is 17.9 Å². The highest BCUT2D eigenvalue weighted by atomic mass is 19.1. The molecule has 2 N–H and O–H groups in total. The van der Waals surface area contributed by atoms with E-state index in [9.17, 15) is 14.3 Å². The highest BCUT2D eigenvalue weighted by Gasteiger charge is 2.26. The van der Waals surface area contributed by atoms with Crippen molar-refractivity contribution in [3.63, 3.8) is 0 Å². The molecule has 0 aromatic heterocycles. The summed E-state index contributed by atoms with van der Waals surface area (Å²) < 4.78 is 23.9. The van der Waals surface area contributed by atoms with Crippen molar-refractivity contribution in [3.05, 3.63) is 23.5 Å². The number of aliphatic hydroxyl groups is 1. The molecule has 0 amide bonds. The third kappa shape index (κ3) is 2.16. The first-order valence-corrected chi connectivity index (χ1v) is 5.10. The van der Waals surface area contributed by atoms with Crippen LogP contribution >= 0.6 is 0 Å². The predicted octanol–water partition coefficient (Wildman–Crippen LogP) is 1.10. The normalized spacial score (nSPS) is 16.1. The summed E-state index contributed by atoms with van der Waals surface area (Å²) in [4.78, 5) is 10.7. The van der Waals surface area contributed by atoms with Crippen LogP contribution in [-0.4, -0.2) is 29.4 Å². The first kappa shape index (κ1) is 11.7. The molecule has 1 aromatic rings. The molecule has 0 saturated carbocycles. The number of aliphatic carboxylic acids is 1. The van der Waals surface area contributed by atoms with Crippen molar-refractivity contribution in [1.29, 1.82) is 0 Å². The van der Waals surface area contributed by atoms with Gasteiger partial charge < -0.3 is 19.7 Å². The maximum atomic E-state index is 13.5. The minimum atomic E-state index is -1.76. The first-order valence-electron chi connectivity index (χ1n) is 5.10. The fourth-order valence-corrected chi connectivity index (χ4v) is 1.59. The Labute approximate surface area is 96.4 Å². The molecule has 5 nitrogen and oxygen atoms in total. The van der Waals surface area contributed by atoms with E-state index >= 15 is 0 Å². The molecule has 0 bridgehead atoms. The van der Waals surface area contributed by atoms with Gasteiger partial charge in [0.15, 0.2) is 23.4 Å². The fourth-order valence-electron chi connectivity index (χ4n) is 1.59. The van der Waals surface area contributed by atoms with Gasteiger partial charge in [0.2, 0.25) is 0 Å². The highest BCUT2D eigenvalue weighted by Crippen LogP contribution is 2.38. The second-order valence-electron chi connectivity index (χ2n) is 3.59. The van der Waals surface area contributed by atoms with Crippen LogP contribution in [0.4, 0.5) is 4.39 Å². The molecular weight excluding hydrogens is 231 g/mol. The lowest BCUT2D eigenvalue weighted by Gasteiger charge is -2.14. The Morgan fingerprint density at radius 1 is 1.29 bits per heavy atom. The number of ether oxygens (including phenoxy) is 2. The van der Waals surface area contributed by atoms with Gasteiger partial charge in [-0.05, 0) is 12.1 Å². The van der Waals surface area contributed by atoms with E-state index in [1.807, 2.05) is 0 Å². The number of aliphatic hydroxyl groups excluding tert-OH is 1. The molecule has 2 rings (SSSR count). The van der Waals surface area contributed by atoms with Crippen LogP contribution in [0.1, 0.15) is 18.1 Å². The lowest BCUT2D eigenvalue weighted by Crippen LogP contribution is -2.12. The Morgan fingerprint density at radius 3 is 2.59 bits per heavy atom. The summed E-state index contributed by atoms with van der Waals surface area (Å²) >= 11 is 0. The molecule has 17 heavy (non-hydrogen) atoms. The Hall–Kier alpha value is -1.82. The molecule has 0 saturated heterocycles. The van der Waals surface area contributed by atoms with Crippen LogP contribution in [0.25, 0.3) is 0 Å². The summed E-state index contributed by atoms with van der Waals surface area (Å²) in [5.41, 5.74) is -0.00389. The van der Waals surface area contributed by atoms with Crippen LogP contribution in [0.2, 0.25) is 0 Å². The molecule has 0 fully saturated rings. The average molecular weight is 242 g/mol. The number of rotatable bonds is 2. The van der Waals surface area contributed by atoms with Crippen LogP contribution in [0.3, 0.4) is 0 Å². The van der Waals surface area contributed by atoms with Crippen molar-refractivity contribution in [2.75, 3.05) is 13.2 Å². The van der Waals surface area contributed by atoms with Crippen LogP contribution in [0, 0.1) is 5.82 Å². The minimum Gasteiger partial charge on any atom is -0.489 e. The topological polar surface area (TPSA) is 76.0 Å². The summed E-state index contributed by atoms with van der Waals surface area (Å²) in [6.45, 7) is 0.576. The van der Waals surface area contributed by atoms with E-state index in [0.717, 1.165) is 6.07 Å². The zero-order chi connectivity index (χ0) is 12.4. The number of carboxylic acids is 1. The molecule has 1 heterocycles. The fraction of sp³-hybridized carbons (Fsp3) is 0.364. The van der Waals surface area contributed by atoms with Gasteiger partial charge in [0.1, 0.15) is 0 Å². The minimum absolute atomic E-state index is 0.00389. The maximum Gasteiger partial charge on any atom is 0.337 e. The van der Waals surface area contributed by atoms with Crippen LogP contribution < -0.4 is 9.47 Å². The number of hydrogen-bond donors (Lipinski definition) is 2. The standard InChI is InChI=1S/C11H11FO5/c12-7-3-2-6(8(13)11(14)15)9-10(7)17-5-1-4-16-9/h2-3,8,13H,1,4-5H2,(H,14,15). The van der Waals surface area contributed by atoms with Gasteiger partial charge in [-0.1, -0.05) is 0 Å². The summed E-state index contributed by atoms with van der Waals surface area (Å²) in [5, 5.41) is 18.2. The smallest absolute Gasteiger partial charge is 0.337 e. The van der Waals surface area contributed by atoms with Gasteiger partial charge in [-0.25, -0.2) is 9.18 Å². The van der Waals surface area contributed by atoms with Crippen molar-refractivity contribution in [1.82, 2.24) is 0 Å². The van der Waals surface area contributed by atoms with E-state index in [-0.39, 0.29) is 30.3 Å². The Bertz CT molecular complexity index is 446. The molecule has 0 spiro atoms. The average Bonchev–Trinajstić information content (AvgIpc) is 2.54. The lowest BCUT2D eigenvalue weighted by atomic mass is 10.1. The van der Waals surface area contributed by atoms with Crippen LogP contribution in [0.15, 0.2) is 12.1 Å². The van der Waals surface area contributed by atoms with Crippen molar-refractivity contribution in [2.45, 2.75) is 12.5 Å². The predicted molar refractivity (Wildman–Crippen MR) is 54.6 cm³/mol. The van der Waals surface area contributed by atoms with Gasteiger partial charge in [0.25, 0.3) is 0 Å². The third-order valence-electron chi connectivity index (χ3n) is 2.40. The Kier molecular flexibility index (Phi) is 3.14. The van der Waals surface area contributed by atoms with Crippen LogP contribution in [-0.2, 0) is 4.79 Å². The first-order chi connectivity index (χ1) is 8.11. The number of benzene rings is 1. The lowest BCUT2D eigenvalue weighted by molar-refractivity contribution is -0.147. The van der Waals surface area contributed by atoms with Gasteiger partial charge in [0, 0.05) is 12.0 Å². The number of carboxylic acid groups (broad SMARTS) is 1. The van der Waals surface area contributed by atoms with E-state index in [1.54, 1.807) is 0 Å². The molecule has 1 atom stereocenters. The quantitative estimate of drug-likeness (QED) is 0.812. The Morgan fingerprint density at radius 2 is 1.94 bits per heavy atom.